The van der Waals surface area contributed by atoms with Crippen molar-refractivity contribution in [2.75, 3.05) is 0 Å². The minimum absolute atomic E-state index is 0.769. The molecular weight excluding hydrogens is 224 g/mol. The summed E-state index contributed by atoms with van der Waals surface area (Å²) in [4.78, 5) is 0. The molecule has 0 radical (unpaired) electrons. The van der Waals surface area contributed by atoms with Crippen LogP contribution in [0.1, 0.15) is 78.1 Å². The maximum atomic E-state index is 7.70. The number of aryl methyl sites for hydroxylation is 1. The lowest BCUT2D eigenvalue weighted by Crippen LogP contribution is -1.84. The molecule has 0 spiro atoms. The highest BCUT2D eigenvalue weighted by Crippen LogP contribution is 2.13. The average molecular weight is 253 g/mol. The van der Waals surface area contributed by atoms with Gasteiger partial charge in [0, 0.05) is 0 Å². The highest BCUT2D eigenvalue weighted by atomic mass is 32.1. The van der Waals surface area contributed by atoms with Gasteiger partial charge in [-0.25, -0.2) is 0 Å². The van der Waals surface area contributed by atoms with Crippen molar-refractivity contribution in [3.8, 4) is 0 Å². The quantitative estimate of drug-likeness (QED) is 0.411. The van der Waals surface area contributed by atoms with E-state index < -0.39 is 0 Å². The zero-order valence-electron chi connectivity index (χ0n) is 12.3. The summed E-state index contributed by atoms with van der Waals surface area (Å²) in [5.41, 5.74) is 1.25. The molecule has 1 rings (SSSR count). The summed E-state index contributed by atoms with van der Waals surface area (Å²) in [7, 11) is 0. The smallest absolute Gasteiger partial charge is 0.0742 e. The summed E-state index contributed by atoms with van der Waals surface area (Å²) in [6.07, 6.45) is 15.0. The molecule has 0 saturated carbocycles. The topological polar surface area (TPSA) is 0 Å². The molecule has 0 unspecified atom stereocenters. The predicted octanol–water partition coefficient (Wildman–Crippen LogP) is 6.21. The SMILES string of the molecule is [2H]c1sccc1CCCCCCCCCCCC. The Kier molecular flexibility index (Phi) is 8.37. The van der Waals surface area contributed by atoms with Crippen LogP contribution in [0.3, 0.4) is 0 Å². The van der Waals surface area contributed by atoms with Crippen molar-refractivity contribution < 1.29 is 1.37 Å². The van der Waals surface area contributed by atoms with Gasteiger partial charge in [-0.1, -0.05) is 64.7 Å². The van der Waals surface area contributed by atoms with Crippen LogP contribution in [-0.2, 0) is 6.42 Å². The van der Waals surface area contributed by atoms with E-state index in [1.807, 2.05) is 5.38 Å². The fourth-order valence-electron chi connectivity index (χ4n) is 2.20. The van der Waals surface area contributed by atoms with Crippen molar-refractivity contribution in [3.05, 3.63) is 22.4 Å². The molecule has 1 aromatic rings. The molecule has 0 N–H and O–H groups in total. The molecule has 0 aliphatic rings. The second kappa shape index (κ2) is 10.8. The van der Waals surface area contributed by atoms with E-state index in [2.05, 4.69) is 13.0 Å². The van der Waals surface area contributed by atoms with Crippen LogP contribution in [0.4, 0.5) is 0 Å². The zero-order valence-corrected chi connectivity index (χ0v) is 12.2. The van der Waals surface area contributed by atoms with Crippen molar-refractivity contribution in [2.24, 2.45) is 0 Å². The Morgan fingerprint density at radius 1 is 0.941 bits per heavy atom. The molecule has 0 bridgehead atoms. The largest absolute Gasteiger partial charge is 0.152 e. The van der Waals surface area contributed by atoms with E-state index in [0.29, 0.717) is 0 Å². The molecule has 0 amide bonds. The molecule has 17 heavy (non-hydrogen) atoms. The van der Waals surface area contributed by atoms with E-state index in [1.165, 1.54) is 69.8 Å². The highest BCUT2D eigenvalue weighted by molar-refractivity contribution is 7.07. The Balaban J connectivity index is 1.83. The molecule has 1 heteroatoms. The second-order valence-corrected chi connectivity index (χ2v) is 5.69. The summed E-state index contributed by atoms with van der Waals surface area (Å²) < 4.78 is 7.70. The van der Waals surface area contributed by atoms with Gasteiger partial charge in [0.25, 0.3) is 0 Å². The van der Waals surface area contributed by atoms with Crippen LogP contribution >= 0.6 is 11.3 Å². The van der Waals surface area contributed by atoms with Crippen molar-refractivity contribution >= 4 is 11.3 Å². The molecular formula is C16H28S. The minimum atomic E-state index is 0.769. The van der Waals surface area contributed by atoms with Crippen LogP contribution in [0.15, 0.2) is 16.8 Å². The number of hydrogen-bond acceptors (Lipinski definition) is 1. The van der Waals surface area contributed by atoms with E-state index in [4.69, 9.17) is 1.37 Å². The molecule has 0 saturated heterocycles. The number of unbranched alkanes of at least 4 members (excludes halogenated alkanes) is 9. The Bertz CT molecular complexity index is 293. The maximum Gasteiger partial charge on any atom is 0.0742 e. The van der Waals surface area contributed by atoms with Gasteiger partial charge in [-0.2, -0.15) is 11.3 Å². The van der Waals surface area contributed by atoms with Crippen LogP contribution in [0.25, 0.3) is 0 Å². The first-order valence-electron chi connectivity index (χ1n) is 7.87. The van der Waals surface area contributed by atoms with Crippen LogP contribution < -0.4 is 0 Å². The van der Waals surface area contributed by atoms with E-state index in [0.717, 1.165) is 11.8 Å². The van der Waals surface area contributed by atoms with Gasteiger partial charge < -0.3 is 0 Å². The molecule has 0 atom stereocenters. The van der Waals surface area contributed by atoms with Gasteiger partial charge in [-0.05, 0) is 35.2 Å². The molecule has 1 aromatic heterocycles. The number of thiophene rings is 1. The normalized spacial score (nSPS) is 11.7. The number of rotatable bonds is 11. The Morgan fingerprint density at radius 3 is 2.06 bits per heavy atom. The third-order valence-electron chi connectivity index (χ3n) is 3.33. The Hall–Kier alpha value is -0.300. The fourth-order valence-corrected chi connectivity index (χ4v) is 2.82. The van der Waals surface area contributed by atoms with E-state index >= 15 is 0 Å². The van der Waals surface area contributed by atoms with E-state index in [-0.39, 0.29) is 0 Å². The summed E-state index contributed by atoms with van der Waals surface area (Å²) in [5.74, 6) is 0. The second-order valence-electron chi connectivity index (χ2n) is 4.98. The van der Waals surface area contributed by atoms with Crippen LogP contribution in [0.5, 0.6) is 0 Å². The van der Waals surface area contributed by atoms with Gasteiger partial charge in [-0.3, -0.25) is 0 Å². The van der Waals surface area contributed by atoms with Crippen LogP contribution in [0, 0.1) is 0 Å². The van der Waals surface area contributed by atoms with Crippen molar-refractivity contribution in [3.63, 3.8) is 0 Å². The Labute approximate surface area is 113 Å². The molecule has 0 nitrogen and oxygen atoms in total. The van der Waals surface area contributed by atoms with Gasteiger partial charge in [0.15, 0.2) is 0 Å². The monoisotopic (exact) mass is 253 g/mol. The molecule has 0 fully saturated rings. The van der Waals surface area contributed by atoms with Gasteiger partial charge >= 0.3 is 0 Å². The first kappa shape index (κ1) is 13.1. The van der Waals surface area contributed by atoms with Crippen LogP contribution in [-0.4, -0.2) is 0 Å². The minimum Gasteiger partial charge on any atom is -0.152 e. The summed E-state index contributed by atoms with van der Waals surface area (Å²) in [6.45, 7) is 2.27. The molecule has 0 aromatic carbocycles. The summed E-state index contributed by atoms with van der Waals surface area (Å²) in [5, 5.41) is 2.81. The highest BCUT2D eigenvalue weighted by Gasteiger charge is 1.94. The van der Waals surface area contributed by atoms with Gasteiger partial charge in [0.2, 0.25) is 0 Å². The standard InChI is InChI=1S/C16H28S/c1-2-3-4-5-6-7-8-9-10-11-12-16-13-14-17-15-16/h13-15H,2-12H2,1H3/i15D. The summed E-state index contributed by atoms with van der Waals surface area (Å²) >= 11 is 1.55. The van der Waals surface area contributed by atoms with Gasteiger partial charge in [0.05, 0.1) is 1.37 Å². The van der Waals surface area contributed by atoms with Gasteiger partial charge in [0.1, 0.15) is 0 Å². The molecule has 0 aliphatic heterocycles. The lowest BCUT2D eigenvalue weighted by molar-refractivity contribution is 0.556. The first-order chi connectivity index (χ1) is 8.84. The third-order valence-corrected chi connectivity index (χ3v) is 3.98. The van der Waals surface area contributed by atoms with Crippen LogP contribution in [0.2, 0.25) is 0 Å². The first-order valence-corrected chi connectivity index (χ1v) is 8.25. The molecule has 98 valence electrons. The lowest BCUT2D eigenvalue weighted by Gasteiger charge is -2.01. The number of hydrogen-bond donors (Lipinski definition) is 0. The zero-order chi connectivity index (χ0) is 13.1. The predicted molar refractivity (Wildman–Crippen MR) is 79.9 cm³/mol. The van der Waals surface area contributed by atoms with Gasteiger partial charge in [-0.15, -0.1) is 0 Å². The fraction of sp³-hybridized carbons (Fsp3) is 0.750. The van der Waals surface area contributed by atoms with E-state index in [1.54, 1.807) is 11.3 Å². The molecule has 0 aliphatic carbocycles. The summed E-state index contributed by atoms with van der Waals surface area (Å²) in [6, 6.07) is 2.11. The van der Waals surface area contributed by atoms with E-state index in [9.17, 15) is 0 Å². The Morgan fingerprint density at radius 2 is 1.53 bits per heavy atom. The molecule has 1 heterocycles. The third kappa shape index (κ3) is 8.43. The van der Waals surface area contributed by atoms with Crippen molar-refractivity contribution in [1.29, 1.82) is 0 Å². The van der Waals surface area contributed by atoms with Crippen molar-refractivity contribution in [1.82, 2.24) is 0 Å². The lowest BCUT2D eigenvalue weighted by atomic mass is 10.0. The van der Waals surface area contributed by atoms with Crippen molar-refractivity contribution in [2.45, 2.75) is 77.6 Å². The maximum absolute atomic E-state index is 7.70. The average Bonchev–Trinajstić information content (AvgIpc) is 2.77.